The van der Waals surface area contributed by atoms with Crippen LogP contribution in [0.4, 0.5) is 0 Å². The summed E-state index contributed by atoms with van der Waals surface area (Å²) in [6.45, 7) is 4.92. The molecule has 0 heterocycles. The van der Waals surface area contributed by atoms with E-state index in [0.717, 1.165) is 51.4 Å². The zero-order valence-electron chi connectivity index (χ0n) is 45.6. The third-order valence-electron chi connectivity index (χ3n) is 13.9. The lowest BCUT2D eigenvalue weighted by Crippen LogP contribution is -2.45. The molecule has 0 saturated carbocycles. The molecule has 6 nitrogen and oxygen atoms in total. The van der Waals surface area contributed by atoms with Gasteiger partial charge in [-0.1, -0.05) is 262 Å². The van der Waals surface area contributed by atoms with E-state index in [1.165, 1.54) is 238 Å². The summed E-state index contributed by atoms with van der Waals surface area (Å²) in [5.74, 6) is -0.0446. The first-order valence-electron chi connectivity index (χ1n) is 30.2. The van der Waals surface area contributed by atoms with Gasteiger partial charge in [0.15, 0.2) is 0 Å². The van der Waals surface area contributed by atoms with Gasteiger partial charge in [-0.05, 0) is 83.5 Å². The normalized spacial score (nSPS) is 12.8. The number of hydrogen-bond donors (Lipinski definition) is 3. The number of carbonyl (C=O) groups excluding carboxylic acids is 2. The Hall–Kier alpha value is -1.92. The molecule has 3 N–H and O–H groups in total. The Balaban J connectivity index is 3.43. The Labute approximate surface area is 424 Å². The molecule has 0 aromatic rings. The number of ether oxygens (including phenoxy) is 1. The summed E-state index contributed by atoms with van der Waals surface area (Å²) in [4.78, 5) is 24.5. The number of carbonyl (C=O) groups is 2. The SMILES string of the molecule is CCCCC/C=C\C/C=C\CCCCCCCCCC(=O)OCCCCCCCCCCC/C=C\CCCCCCCCCC(=O)NC(CO)C(O)CCCCCCCCCCCCCCCC. The second-order valence-electron chi connectivity index (χ2n) is 20.7. The molecule has 2 atom stereocenters. The van der Waals surface area contributed by atoms with Crippen molar-refractivity contribution in [2.45, 2.75) is 334 Å². The van der Waals surface area contributed by atoms with Crippen LogP contribution in [0, 0.1) is 0 Å². The van der Waals surface area contributed by atoms with E-state index < -0.39 is 12.1 Å². The number of unbranched alkanes of at least 4 members (excludes halogenated alkanes) is 39. The van der Waals surface area contributed by atoms with E-state index in [0.29, 0.717) is 25.9 Å². The molecule has 0 spiro atoms. The van der Waals surface area contributed by atoms with E-state index in [1.807, 2.05) is 0 Å². The van der Waals surface area contributed by atoms with E-state index >= 15 is 0 Å². The van der Waals surface area contributed by atoms with Gasteiger partial charge >= 0.3 is 5.97 Å². The van der Waals surface area contributed by atoms with Crippen LogP contribution in [0.25, 0.3) is 0 Å². The Bertz CT molecular complexity index is 1100. The average Bonchev–Trinajstić information content (AvgIpc) is 3.34. The molecule has 0 aliphatic rings. The Morgan fingerprint density at radius 2 is 0.735 bits per heavy atom. The number of hydrogen-bond acceptors (Lipinski definition) is 5. The molecule has 68 heavy (non-hydrogen) atoms. The predicted octanol–water partition coefficient (Wildman–Crippen LogP) is 18.8. The second-order valence-corrected chi connectivity index (χ2v) is 20.7. The molecule has 0 aromatic heterocycles. The van der Waals surface area contributed by atoms with Crippen LogP contribution in [0.1, 0.15) is 322 Å². The van der Waals surface area contributed by atoms with E-state index in [-0.39, 0.29) is 18.5 Å². The largest absolute Gasteiger partial charge is 0.466 e. The molecular weight excluding hydrogens is 839 g/mol. The van der Waals surface area contributed by atoms with Gasteiger partial charge in [-0.2, -0.15) is 0 Å². The van der Waals surface area contributed by atoms with Crippen molar-refractivity contribution in [2.24, 2.45) is 0 Å². The van der Waals surface area contributed by atoms with E-state index in [1.54, 1.807) is 0 Å². The molecule has 0 rings (SSSR count). The highest BCUT2D eigenvalue weighted by Gasteiger charge is 2.20. The first-order chi connectivity index (χ1) is 33.5. The van der Waals surface area contributed by atoms with Gasteiger partial charge in [0.05, 0.1) is 25.4 Å². The molecule has 0 aliphatic carbocycles. The summed E-state index contributed by atoms with van der Waals surface area (Å²) >= 11 is 0. The lowest BCUT2D eigenvalue weighted by Gasteiger charge is -2.22. The van der Waals surface area contributed by atoms with Crippen molar-refractivity contribution in [3.05, 3.63) is 36.5 Å². The molecule has 0 radical (unpaired) electrons. The van der Waals surface area contributed by atoms with Gasteiger partial charge in [0, 0.05) is 12.8 Å². The van der Waals surface area contributed by atoms with Gasteiger partial charge in [-0.15, -0.1) is 0 Å². The molecule has 0 aromatic carbocycles. The number of allylic oxidation sites excluding steroid dienone is 6. The predicted molar refractivity (Wildman–Crippen MR) is 296 cm³/mol. The van der Waals surface area contributed by atoms with E-state index in [4.69, 9.17) is 4.74 Å². The fourth-order valence-corrected chi connectivity index (χ4v) is 9.25. The van der Waals surface area contributed by atoms with Crippen molar-refractivity contribution in [2.75, 3.05) is 13.2 Å². The molecule has 1 amide bonds. The van der Waals surface area contributed by atoms with Crippen LogP contribution in [-0.4, -0.2) is 47.4 Å². The van der Waals surface area contributed by atoms with Crippen LogP contribution in [0.5, 0.6) is 0 Å². The maximum atomic E-state index is 12.5. The summed E-state index contributed by atoms with van der Waals surface area (Å²) in [5.41, 5.74) is 0. The third kappa shape index (κ3) is 53.4. The summed E-state index contributed by atoms with van der Waals surface area (Å²) in [6, 6.07) is -0.548. The van der Waals surface area contributed by atoms with Gasteiger partial charge in [0.2, 0.25) is 5.91 Å². The van der Waals surface area contributed by atoms with Crippen LogP contribution >= 0.6 is 0 Å². The van der Waals surface area contributed by atoms with Crippen molar-refractivity contribution < 1.29 is 24.5 Å². The minimum Gasteiger partial charge on any atom is -0.466 e. The molecule has 6 heteroatoms. The van der Waals surface area contributed by atoms with Crippen LogP contribution in [0.3, 0.4) is 0 Å². The van der Waals surface area contributed by atoms with Crippen molar-refractivity contribution in [3.63, 3.8) is 0 Å². The Morgan fingerprint density at radius 1 is 0.412 bits per heavy atom. The topological polar surface area (TPSA) is 95.9 Å². The van der Waals surface area contributed by atoms with Gasteiger partial charge in [-0.3, -0.25) is 9.59 Å². The first-order valence-corrected chi connectivity index (χ1v) is 30.2. The number of esters is 1. The minimum atomic E-state index is -0.670. The summed E-state index contributed by atoms with van der Waals surface area (Å²) < 4.78 is 5.48. The van der Waals surface area contributed by atoms with Crippen molar-refractivity contribution in [1.29, 1.82) is 0 Å². The number of rotatable bonds is 56. The summed E-state index contributed by atoms with van der Waals surface area (Å²) in [6.07, 6.45) is 71.4. The van der Waals surface area contributed by atoms with Crippen molar-refractivity contribution in [1.82, 2.24) is 5.32 Å². The van der Waals surface area contributed by atoms with Crippen LogP contribution in [0.15, 0.2) is 36.5 Å². The van der Waals surface area contributed by atoms with Crippen molar-refractivity contribution >= 4 is 11.9 Å². The summed E-state index contributed by atoms with van der Waals surface area (Å²) in [7, 11) is 0. The third-order valence-corrected chi connectivity index (χ3v) is 13.9. The second kappa shape index (κ2) is 57.7. The number of aliphatic hydroxyl groups is 2. The number of amides is 1. The van der Waals surface area contributed by atoms with Crippen LogP contribution < -0.4 is 5.32 Å². The van der Waals surface area contributed by atoms with Gasteiger partial charge in [0.25, 0.3) is 0 Å². The zero-order chi connectivity index (χ0) is 49.3. The molecule has 2 unspecified atom stereocenters. The highest BCUT2D eigenvalue weighted by Crippen LogP contribution is 2.17. The lowest BCUT2D eigenvalue weighted by atomic mass is 10.0. The molecule has 0 fully saturated rings. The number of aliphatic hydroxyl groups excluding tert-OH is 2. The average molecular weight is 957 g/mol. The van der Waals surface area contributed by atoms with Gasteiger partial charge < -0.3 is 20.3 Å². The smallest absolute Gasteiger partial charge is 0.305 e. The molecule has 400 valence electrons. The van der Waals surface area contributed by atoms with Gasteiger partial charge in [-0.25, -0.2) is 0 Å². The molecule has 0 bridgehead atoms. The van der Waals surface area contributed by atoms with Crippen LogP contribution in [0.2, 0.25) is 0 Å². The quantitative estimate of drug-likeness (QED) is 0.0321. The fourth-order valence-electron chi connectivity index (χ4n) is 9.25. The van der Waals surface area contributed by atoms with E-state index in [2.05, 4.69) is 55.6 Å². The Kier molecular flexibility index (Phi) is 56.0. The standard InChI is InChI=1S/C62H117NO5/c1-3-5-7-9-11-13-15-17-19-24-28-32-36-40-44-48-52-56-62(67)68-57-53-49-45-41-37-33-29-26-23-21-20-22-25-27-31-35-39-43-47-51-55-61(66)63-59(58-64)60(65)54-50-46-42-38-34-30-18-16-14-12-10-8-6-4-2/h11,13,17,19-20,22,59-60,64-65H,3-10,12,14-16,18,21,23-58H2,1-2H3,(H,63,66)/b13-11-,19-17-,22-20-. The lowest BCUT2D eigenvalue weighted by molar-refractivity contribution is -0.143. The molecule has 0 aliphatic heterocycles. The fraction of sp³-hybridized carbons (Fsp3) is 0.871. The highest BCUT2D eigenvalue weighted by molar-refractivity contribution is 5.76. The van der Waals surface area contributed by atoms with Crippen LogP contribution in [-0.2, 0) is 14.3 Å². The maximum Gasteiger partial charge on any atom is 0.305 e. The highest BCUT2D eigenvalue weighted by atomic mass is 16.5. The Morgan fingerprint density at radius 3 is 1.16 bits per heavy atom. The number of nitrogens with one attached hydrogen (secondary N) is 1. The zero-order valence-corrected chi connectivity index (χ0v) is 45.6. The molecule has 0 saturated heterocycles. The minimum absolute atomic E-state index is 0.00151. The first kappa shape index (κ1) is 66.1. The van der Waals surface area contributed by atoms with Crippen molar-refractivity contribution in [3.8, 4) is 0 Å². The molecular formula is C62H117NO5. The van der Waals surface area contributed by atoms with Gasteiger partial charge in [0.1, 0.15) is 0 Å². The maximum absolute atomic E-state index is 12.5. The van der Waals surface area contributed by atoms with E-state index in [9.17, 15) is 19.8 Å². The monoisotopic (exact) mass is 956 g/mol. The summed E-state index contributed by atoms with van der Waals surface area (Å²) in [5, 5.41) is 23.3.